The normalized spacial score (nSPS) is 10.2. The quantitative estimate of drug-likeness (QED) is 0.673. The summed E-state index contributed by atoms with van der Waals surface area (Å²) in [5.41, 5.74) is 5.14. The molecule has 0 aliphatic rings. The van der Waals surface area contributed by atoms with Crippen molar-refractivity contribution in [2.24, 2.45) is 0 Å². The first kappa shape index (κ1) is 12.7. The molecule has 0 atom stereocenters. The summed E-state index contributed by atoms with van der Waals surface area (Å²) in [5, 5.41) is 10.5. The molecule has 1 aromatic heterocycles. The number of hydrogen-bond donors (Lipinski definition) is 1. The summed E-state index contributed by atoms with van der Waals surface area (Å²) in [4.78, 5) is 17.5. The number of ether oxygens (including phenoxy) is 1. The number of aryl methyl sites for hydroxylation is 1. The average molecular weight is 264 g/mol. The minimum atomic E-state index is -0.857. The van der Waals surface area contributed by atoms with Crippen LogP contribution in [0.15, 0.2) is 24.3 Å². The van der Waals surface area contributed by atoms with Gasteiger partial charge in [0.15, 0.2) is 11.6 Å². The molecule has 0 saturated heterocycles. The van der Waals surface area contributed by atoms with Crippen molar-refractivity contribution in [2.45, 2.75) is 6.92 Å². The lowest BCUT2D eigenvalue weighted by Gasteiger charge is -2.06. The fourth-order valence-electron chi connectivity index (χ4n) is 1.41. The van der Waals surface area contributed by atoms with E-state index in [1.54, 1.807) is 6.92 Å². The summed E-state index contributed by atoms with van der Waals surface area (Å²) in [6, 6.07) is 4.39. The third-order valence-electron chi connectivity index (χ3n) is 2.18. The van der Waals surface area contributed by atoms with Gasteiger partial charge in [-0.25, -0.2) is 9.37 Å². The number of nitrogens with zero attached hydrogens (tertiary/aromatic N) is 3. The van der Waals surface area contributed by atoms with Crippen LogP contribution in [0.1, 0.15) is 5.82 Å². The highest BCUT2D eigenvalue weighted by atomic mass is 19.1. The Morgan fingerprint density at radius 2 is 2.11 bits per heavy atom. The van der Waals surface area contributed by atoms with Gasteiger partial charge in [0.1, 0.15) is 11.6 Å². The molecule has 0 bridgehead atoms. The minimum Gasteiger partial charge on any atom is -0.436 e. The van der Waals surface area contributed by atoms with Gasteiger partial charge in [-0.15, -0.1) is 0 Å². The molecule has 19 heavy (non-hydrogen) atoms. The number of non-ortho nitro benzene ring substituents is 1. The number of nitrogens with two attached hydrogens (primary N) is 1. The van der Waals surface area contributed by atoms with E-state index in [1.165, 1.54) is 6.07 Å². The Kier molecular flexibility index (Phi) is 3.23. The van der Waals surface area contributed by atoms with E-state index in [4.69, 9.17) is 10.5 Å². The largest absolute Gasteiger partial charge is 0.436 e. The van der Waals surface area contributed by atoms with Gasteiger partial charge < -0.3 is 10.5 Å². The predicted octanol–water partition coefficient (Wildman–Crippen LogP) is 2.21. The Balaban J connectivity index is 2.30. The summed E-state index contributed by atoms with van der Waals surface area (Å²) in [6.07, 6.45) is 0. The first-order chi connectivity index (χ1) is 8.95. The standard InChI is InChI=1S/C11H9FN4O3/c1-6-14-10(13)5-11(15-6)19-9-3-2-7(16(17)18)4-8(9)12/h2-5H,1H3,(H2,13,14,15). The van der Waals surface area contributed by atoms with Crippen molar-refractivity contribution >= 4 is 11.5 Å². The van der Waals surface area contributed by atoms with Crippen molar-refractivity contribution in [2.75, 3.05) is 5.73 Å². The van der Waals surface area contributed by atoms with Crippen LogP contribution in [0, 0.1) is 22.9 Å². The number of anilines is 1. The van der Waals surface area contributed by atoms with Crippen LogP contribution in [0.2, 0.25) is 0 Å². The lowest BCUT2D eigenvalue weighted by atomic mass is 10.3. The SMILES string of the molecule is Cc1nc(N)cc(Oc2ccc([N+](=O)[O-])cc2F)n1. The maximum atomic E-state index is 13.6. The highest BCUT2D eigenvalue weighted by molar-refractivity contribution is 5.40. The second-order valence-electron chi connectivity index (χ2n) is 3.65. The molecule has 7 nitrogen and oxygen atoms in total. The summed E-state index contributed by atoms with van der Waals surface area (Å²) >= 11 is 0. The maximum Gasteiger partial charge on any atom is 0.272 e. The van der Waals surface area contributed by atoms with E-state index in [1.807, 2.05) is 0 Å². The number of nitro benzene ring substituents is 1. The van der Waals surface area contributed by atoms with Gasteiger partial charge in [0.2, 0.25) is 5.88 Å². The molecule has 98 valence electrons. The lowest BCUT2D eigenvalue weighted by Crippen LogP contribution is -1.99. The summed E-state index contributed by atoms with van der Waals surface area (Å²) in [6.45, 7) is 1.61. The Labute approximate surface area is 107 Å². The van der Waals surface area contributed by atoms with Crippen molar-refractivity contribution in [1.82, 2.24) is 9.97 Å². The number of nitro groups is 1. The smallest absolute Gasteiger partial charge is 0.272 e. The molecule has 0 spiro atoms. The molecule has 2 N–H and O–H groups in total. The fourth-order valence-corrected chi connectivity index (χ4v) is 1.41. The van der Waals surface area contributed by atoms with Crippen molar-refractivity contribution in [3.05, 3.63) is 46.0 Å². The number of aromatic nitrogens is 2. The molecular formula is C11H9FN4O3. The van der Waals surface area contributed by atoms with Crippen molar-refractivity contribution in [1.29, 1.82) is 0 Å². The van der Waals surface area contributed by atoms with Gasteiger partial charge in [-0.2, -0.15) is 4.98 Å². The third kappa shape index (κ3) is 2.92. The van der Waals surface area contributed by atoms with E-state index in [-0.39, 0.29) is 23.1 Å². The average Bonchev–Trinajstić information content (AvgIpc) is 2.30. The molecule has 0 unspecified atom stereocenters. The second-order valence-corrected chi connectivity index (χ2v) is 3.65. The van der Waals surface area contributed by atoms with E-state index in [9.17, 15) is 14.5 Å². The van der Waals surface area contributed by atoms with Gasteiger partial charge in [-0.1, -0.05) is 0 Å². The van der Waals surface area contributed by atoms with Crippen LogP contribution < -0.4 is 10.5 Å². The first-order valence-electron chi connectivity index (χ1n) is 5.18. The van der Waals surface area contributed by atoms with Gasteiger partial charge in [-0.3, -0.25) is 10.1 Å². The molecule has 1 aromatic carbocycles. The minimum absolute atomic E-state index is 0.0674. The van der Waals surface area contributed by atoms with Crippen LogP contribution in [0.4, 0.5) is 15.9 Å². The molecule has 0 aliphatic carbocycles. The molecule has 2 aromatic rings. The summed E-state index contributed by atoms with van der Waals surface area (Å²) < 4.78 is 18.8. The van der Waals surface area contributed by atoms with Gasteiger partial charge in [0.25, 0.3) is 5.69 Å². The zero-order valence-corrected chi connectivity index (χ0v) is 9.83. The Bertz CT molecular complexity index is 628. The number of rotatable bonds is 3. The van der Waals surface area contributed by atoms with Crippen LogP contribution in [-0.4, -0.2) is 14.9 Å². The Morgan fingerprint density at radius 1 is 1.37 bits per heavy atom. The lowest BCUT2D eigenvalue weighted by molar-refractivity contribution is -0.385. The first-order valence-corrected chi connectivity index (χ1v) is 5.18. The molecule has 0 saturated carbocycles. The van der Waals surface area contributed by atoms with Crippen molar-refractivity contribution in [3.8, 4) is 11.6 Å². The van der Waals surface area contributed by atoms with Crippen LogP contribution >= 0.6 is 0 Å². The van der Waals surface area contributed by atoms with Crippen LogP contribution in [0.5, 0.6) is 11.6 Å². The van der Waals surface area contributed by atoms with Crippen LogP contribution in [-0.2, 0) is 0 Å². The van der Waals surface area contributed by atoms with Gasteiger partial charge in [-0.05, 0) is 13.0 Å². The molecule has 0 aliphatic heterocycles. The molecule has 8 heteroatoms. The van der Waals surface area contributed by atoms with Gasteiger partial charge in [0.05, 0.1) is 11.0 Å². The number of halogens is 1. The topological polar surface area (TPSA) is 104 Å². The summed E-state index contributed by atoms with van der Waals surface area (Å²) in [5.74, 6) is -0.410. The molecular weight excluding hydrogens is 255 g/mol. The molecule has 0 radical (unpaired) electrons. The van der Waals surface area contributed by atoms with E-state index in [2.05, 4.69) is 9.97 Å². The number of benzene rings is 1. The highest BCUT2D eigenvalue weighted by Crippen LogP contribution is 2.26. The van der Waals surface area contributed by atoms with Gasteiger partial charge in [0, 0.05) is 12.1 Å². The van der Waals surface area contributed by atoms with Gasteiger partial charge >= 0.3 is 0 Å². The van der Waals surface area contributed by atoms with Crippen LogP contribution in [0.3, 0.4) is 0 Å². The third-order valence-corrected chi connectivity index (χ3v) is 2.18. The molecule has 0 fully saturated rings. The summed E-state index contributed by atoms with van der Waals surface area (Å²) in [7, 11) is 0. The Morgan fingerprint density at radius 3 is 2.68 bits per heavy atom. The zero-order valence-electron chi connectivity index (χ0n) is 9.83. The second kappa shape index (κ2) is 4.84. The monoisotopic (exact) mass is 264 g/mol. The maximum absolute atomic E-state index is 13.6. The molecule has 0 amide bonds. The predicted molar refractivity (Wildman–Crippen MR) is 64.3 cm³/mol. The number of hydrogen-bond acceptors (Lipinski definition) is 6. The van der Waals surface area contributed by atoms with E-state index in [0.29, 0.717) is 5.82 Å². The van der Waals surface area contributed by atoms with Crippen molar-refractivity contribution in [3.63, 3.8) is 0 Å². The zero-order chi connectivity index (χ0) is 14.0. The van der Waals surface area contributed by atoms with E-state index >= 15 is 0 Å². The highest BCUT2D eigenvalue weighted by Gasteiger charge is 2.13. The Hall–Kier alpha value is -2.77. The fraction of sp³-hybridized carbons (Fsp3) is 0.0909. The van der Waals surface area contributed by atoms with E-state index in [0.717, 1.165) is 18.2 Å². The van der Waals surface area contributed by atoms with E-state index < -0.39 is 10.7 Å². The van der Waals surface area contributed by atoms with Crippen molar-refractivity contribution < 1.29 is 14.1 Å². The molecule has 2 rings (SSSR count). The number of nitrogen functional groups attached to an aromatic ring is 1. The molecule has 1 heterocycles. The van der Waals surface area contributed by atoms with Crippen LogP contribution in [0.25, 0.3) is 0 Å².